The topological polar surface area (TPSA) is 55.4 Å². The zero-order valence-electron chi connectivity index (χ0n) is 44.7. The van der Waals surface area contributed by atoms with E-state index in [1.807, 2.05) is 48.6 Å². The summed E-state index contributed by atoms with van der Waals surface area (Å²) in [6.07, 6.45) is 21.7. The maximum absolute atomic E-state index is 5.34. The third-order valence-electron chi connectivity index (χ3n) is 12.4. The number of hydrogen-bond acceptors (Lipinski definition) is 6. The summed E-state index contributed by atoms with van der Waals surface area (Å²) in [7, 11) is 9.91. The van der Waals surface area contributed by atoms with Crippen LogP contribution in [0.4, 0.5) is 0 Å². The molecule has 0 unspecified atom stereocenters. The van der Waals surface area contributed by atoms with Crippen LogP contribution >= 0.6 is 0 Å². The summed E-state index contributed by atoms with van der Waals surface area (Å²) < 4.78 is 34.6. The van der Waals surface area contributed by atoms with Gasteiger partial charge in [-0.2, -0.15) is 12.2 Å². The number of ether oxygens (including phenoxy) is 6. The summed E-state index contributed by atoms with van der Waals surface area (Å²) in [6.45, 7) is 0. The fourth-order valence-electron chi connectivity index (χ4n) is 8.49. The van der Waals surface area contributed by atoms with Crippen LogP contribution in [0.15, 0.2) is 206 Å². The molecule has 0 spiro atoms. The molecule has 4 aliphatic carbocycles. The molecule has 10 heteroatoms. The molecule has 6 nitrogen and oxygen atoms in total. The molecule has 0 N–H and O–H groups in total. The fraction of sp³-hybridized carbons (Fsp3) is 0.147. The van der Waals surface area contributed by atoms with Crippen molar-refractivity contribution in [3.05, 3.63) is 275 Å². The summed E-state index contributed by atoms with van der Waals surface area (Å²) in [4.78, 5) is 0. The van der Waals surface area contributed by atoms with Crippen LogP contribution in [0.5, 0.6) is 34.5 Å². The number of methoxy groups -OCH3 is 6. The standard InChI is InChI=1S/2C16H15O3.2C13H10.2C5H5.2ClH.2Zr/c2*1-17-12-4-5-13-10(7-12)6-11-8-15(18-2)16(19-3)9-14(11)13;2*1-3-7-12(8-4-1)11-13-9-5-2-6-10-13;2*1-2-4-5-3-1;;;;/h2*4-5,7,9H,6H2,1-3H3;2*1-10H;2*1-3H,4H2;2*1H;;/q2*-1;;;2*-1;;;2*+2/p-2. The van der Waals surface area contributed by atoms with Gasteiger partial charge in [0, 0.05) is 23.0 Å². The van der Waals surface area contributed by atoms with Crippen LogP contribution in [-0.4, -0.2) is 49.1 Å². The Kier molecular flexibility index (Phi) is 26.5. The second kappa shape index (κ2) is 33.1. The summed E-state index contributed by atoms with van der Waals surface area (Å²) in [5, 5.41) is 0. The van der Waals surface area contributed by atoms with Crippen LogP contribution in [0.2, 0.25) is 0 Å². The van der Waals surface area contributed by atoms with Gasteiger partial charge in [-0.05, 0) is 48.2 Å². The Morgan fingerprint density at radius 2 is 0.718 bits per heavy atom. The van der Waals surface area contributed by atoms with Gasteiger partial charge in [-0.25, -0.2) is 24.3 Å². The van der Waals surface area contributed by atoms with E-state index in [0.29, 0.717) is 23.0 Å². The molecule has 0 saturated carbocycles. The molecule has 12 rings (SSSR count). The molecule has 4 aliphatic rings. The van der Waals surface area contributed by atoms with Crippen molar-refractivity contribution in [1.82, 2.24) is 0 Å². The molecule has 0 saturated heterocycles. The second-order valence-electron chi connectivity index (χ2n) is 17.1. The van der Waals surface area contributed by atoms with Crippen LogP contribution in [0.3, 0.4) is 0 Å². The van der Waals surface area contributed by atoms with E-state index in [0.717, 1.165) is 59.4 Å². The fourth-order valence-corrected chi connectivity index (χ4v) is 10.1. The quantitative estimate of drug-likeness (QED) is 0.129. The van der Waals surface area contributed by atoms with Gasteiger partial charge in [0.05, 0.1) is 42.7 Å². The third kappa shape index (κ3) is 17.3. The van der Waals surface area contributed by atoms with Gasteiger partial charge in [0.25, 0.3) is 0 Å². The molecule has 0 amide bonds. The molecule has 0 bridgehead atoms. The molecule has 0 heterocycles. The first-order chi connectivity index (χ1) is 37.3. The first kappa shape index (κ1) is 62.4. The Morgan fingerprint density at radius 3 is 0.962 bits per heavy atom. The Bertz CT molecular complexity index is 2980. The van der Waals surface area contributed by atoms with Gasteiger partial charge in [-0.1, -0.05) is 23.3 Å². The van der Waals surface area contributed by atoms with Crippen LogP contribution in [0, 0.1) is 24.3 Å². The van der Waals surface area contributed by atoms with Gasteiger partial charge in [-0.15, -0.1) is 59.4 Å². The number of fused-ring (bicyclic) bond motifs is 6. The molecule has 78 heavy (non-hydrogen) atoms. The summed E-state index contributed by atoms with van der Waals surface area (Å²) in [5.74, 6) is 4.49. The van der Waals surface area contributed by atoms with E-state index in [4.69, 9.17) is 28.4 Å². The van der Waals surface area contributed by atoms with Crippen LogP contribution in [-0.2, 0) is 61.3 Å². The molecule has 392 valence electrons. The molecular formula is C68H60Cl2O6Zr2-2. The Hall–Kier alpha value is -6.39. The monoisotopic (exact) mass is 1220 g/mol. The van der Waals surface area contributed by atoms with Crippen molar-refractivity contribution < 1.29 is 102 Å². The summed E-state index contributed by atoms with van der Waals surface area (Å²) in [5.41, 5.74) is 14.9. The molecule has 0 fully saturated rings. The van der Waals surface area contributed by atoms with Crippen molar-refractivity contribution in [1.29, 1.82) is 0 Å². The normalized spacial score (nSPS) is 11.5. The number of allylic oxidation sites excluding steroid dienone is 8. The zero-order chi connectivity index (χ0) is 53.5. The van der Waals surface area contributed by atoms with E-state index < -0.39 is 0 Å². The Labute approximate surface area is 503 Å². The Balaban J connectivity index is 0.000000180. The van der Waals surface area contributed by atoms with Crippen LogP contribution < -0.4 is 53.2 Å². The van der Waals surface area contributed by atoms with Crippen LogP contribution in [0.25, 0.3) is 22.3 Å². The number of hydrogen-bond donors (Lipinski definition) is 0. The van der Waals surface area contributed by atoms with Crippen molar-refractivity contribution >= 4 is 6.41 Å². The number of rotatable bonds is 10. The van der Waals surface area contributed by atoms with Gasteiger partial charge in [0.1, 0.15) is 11.5 Å². The summed E-state index contributed by atoms with van der Waals surface area (Å²) in [6, 6.07) is 65.1. The van der Waals surface area contributed by atoms with E-state index >= 15 is 0 Å². The van der Waals surface area contributed by atoms with Crippen molar-refractivity contribution in [2.24, 2.45) is 0 Å². The SMILES string of the molecule is COc1ccc2c(c1)Cc1[c-]c(OC)c(OC)cc1-2.COc1ccc2c(c1)Cc1[c-]c(OC)c(OC)cc1-2.[C-]1=CC=CC1.[C-]1=CC=CC1.[Cl-].[Cl-].[Zr+2]=[C](c1ccccc1)c1ccccc1.[Zr+2]=[C](c1ccccc1)c1ccccc1. The first-order valence-corrected chi connectivity index (χ1v) is 27.3. The van der Waals surface area contributed by atoms with E-state index in [1.54, 1.807) is 42.7 Å². The van der Waals surface area contributed by atoms with Crippen molar-refractivity contribution in [3.63, 3.8) is 0 Å². The molecule has 0 atom stereocenters. The zero-order valence-corrected chi connectivity index (χ0v) is 51.1. The minimum atomic E-state index is 0. The maximum atomic E-state index is 5.34. The minimum absolute atomic E-state index is 0. The van der Waals surface area contributed by atoms with E-state index in [1.165, 1.54) is 99.4 Å². The predicted octanol–water partition coefficient (Wildman–Crippen LogP) is 8.39. The summed E-state index contributed by atoms with van der Waals surface area (Å²) >= 11 is 2.92. The number of benzene rings is 8. The molecule has 0 radical (unpaired) electrons. The average Bonchev–Trinajstić information content (AvgIpc) is 4.41. The number of halogens is 2. The van der Waals surface area contributed by atoms with Crippen LogP contribution in [0.1, 0.15) is 57.3 Å². The van der Waals surface area contributed by atoms with Crippen molar-refractivity contribution in [2.45, 2.75) is 25.7 Å². The molecule has 8 aromatic carbocycles. The second-order valence-corrected chi connectivity index (χ2v) is 19.6. The van der Waals surface area contributed by atoms with Gasteiger partial charge < -0.3 is 53.2 Å². The van der Waals surface area contributed by atoms with E-state index in [2.05, 4.69) is 182 Å². The van der Waals surface area contributed by atoms with Gasteiger partial charge >= 0.3 is 198 Å². The van der Waals surface area contributed by atoms with Crippen molar-refractivity contribution in [3.8, 4) is 56.8 Å². The van der Waals surface area contributed by atoms with Gasteiger partial charge in [0.2, 0.25) is 0 Å². The molecular weight excluding hydrogens is 1170 g/mol. The molecule has 8 aromatic rings. The van der Waals surface area contributed by atoms with E-state index in [9.17, 15) is 0 Å². The average molecular weight is 1230 g/mol. The molecule has 0 aliphatic heterocycles. The van der Waals surface area contributed by atoms with Crippen molar-refractivity contribution in [2.75, 3.05) is 42.7 Å². The van der Waals surface area contributed by atoms with Gasteiger partial charge in [-0.3, -0.25) is 12.2 Å². The third-order valence-corrected chi connectivity index (χ3v) is 15.2. The molecule has 0 aromatic heterocycles. The first-order valence-electron chi connectivity index (χ1n) is 24.8. The Morgan fingerprint density at radius 1 is 0.385 bits per heavy atom. The predicted molar refractivity (Wildman–Crippen MR) is 302 cm³/mol. The van der Waals surface area contributed by atoms with E-state index in [-0.39, 0.29) is 24.8 Å². The van der Waals surface area contributed by atoms with Gasteiger partial charge in [0.15, 0.2) is 0 Å².